The van der Waals surface area contributed by atoms with Gasteiger partial charge in [-0.3, -0.25) is 9.59 Å². The quantitative estimate of drug-likeness (QED) is 0.111. The van der Waals surface area contributed by atoms with Gasteiger partial charge in [0, 0.05) is 13.1 Å². The summed E-state index contributed by atoms with van der Waals surface area (Å²) in [6.45, 7) is 2.86. The zero-order valence-corrected chi connectivity index (χ0v) is 25.8. The Balaban J connectivity index is 1.82. The lowest BCUT2D eigenvalue weighted by Gasteiger charge is -2.20. The van der Waals surface area contributed by atoms with Crippen LogP contribution in [0.1, 0.15) is 58.8 Å². The monoisotopic (exact) mass is 636 g/mol. The second kappa shape index (κ2) is 18.7. The molecule has 14 heteroatoms. The van der Waals surface area contributed by atoms with E-state index >= 15 is 0 Å². The first-order valence-corrected chi connectivity index (χ1v) is 14.9. The SMILES string of the molecule is CCCNc1nc(C(=O)N[C@H](CO)C(=O)OCc2ccccc2)c(NCCC)nc1C(=O)N[C@H](CO)C(=O)OCc1ccccc1. The third-order valence-electron chi connectivity index (χ3n) is 6.40. The number of benzene rings is 2. The first kappa shape index (κ1) is 35.4. The van der Waals surface area contributed by atoms with Gasteiger partial charge < -0.3 is 41.0 Å². The number of ether oxygens (including phenoxy) is 2. The maximum absolute atomic E-state index is 13.4. The molecule has 0 radical (unpaired) electrons. The van der Waals surface area contributed by atoms with E-state index in [1.807, 2.05) is 26.0 Å². The number of rotatable bonds is 18. The summed E-state index contributed by atoms with van der Waals surface area (Å²) < 4.78 is 10.5. The van der Waals surface area contributed by atoms with Crippen LogP contribution in [-0.4, -0.2) is 82.3 Å². The Morgan fingerprint density at radius 2 is 1.02 bits per heavy atom. The highest BCUT2D eigenvalue weighted by Gasteiger charge is 2.29. The maximum atomic E-state index is 13.4. The molecule has 0 saturated carbocycles. The third-order valence-corrected chi connectivity index (χ3v) is 6.40. The highest BCUT2D eigenvalue weighted by atomic mass is 16.5. The Labute approximate surface area is 266 Å². The number of aliphatic hydroxyl groups excluding tert-OH is 2. The Morgan fingerprint density at radius 1 is 0.652 bits per heavy atom. The number of carbonyl (C=O) groups is 4. The van der Waals surface area contributed by atoms with Gasteiger partial charge in [0.05, 0.1) is 13.2 Å². The number of hydrogen-bond acceptors (Lipinski definition) is 12. The van der Waals surface area contributed by atoms with Crippen molar-refractivity contribution in [3.63, 3.8) is 0 Å². The molecule has 0 saturated heterocycles. The number of amides is 2. The number of nitrogens with zero attached hydrogens (tertiary/aromatic N) is 2. The number of anilines is 2. The van der Waals surface area contributed by atoms with E-state index in [2.05, 4.69) is 31.2 Å². The molecule has 2 aromatic carbocycles. The molecule has 1 aromatic heterocycles. The number of nitrogens with one attached hydrogen (secondary N) is 4. The minimum Gasteiger partial charge on any atom is -0.459 e. The molecule has 0 aliphatic rings. The molecule has 246 valence electrons. The van der Waals surface area contributed by atoms with E-state index in [9.17, 15) is 29.4 Å². The molecule has 46 heavy (non-hydrogen) atoms. The zero-order chi connectivity index (χ0) is 33.3. The van der Waals surface area contributed by atoms with Crippen LogP contribution >= 0.6 is 0 Å². The molecule has 3 rings (SSSR count). The van der Waals surface area contributed by atoms with Gasteiger partial charge in [0.2, 0.25) is 0 Å². The number of aromatic nitrogens is 2. The second-order valence-electron chi connectivity index (χ2n) is 10.1. The van der Waals surface area contributed by atoms with Crippen molar-refractivity contribution in [1.29, 1.82) is 0 Å². The maximum Gasteiger partial charge on any atom is 0.331 e. The fourth-order valence-electron chi connectivity index (χ4n) is 3.96. The Hall–Kier alpha value is -5.08. The molecule has 14 nitrogen and oxygen atoms in total. The summed E-state index contributed by atoms with van der Waals surface area (Å²) in [6.07, 6.45) is 1.26. The van der Waals surface area contributed by atoms with Gasteiger partial charge in [-0.1, -0.05) is 74.5 Å². The van der Waals surface area contributed by atoms with Crippen LogP contribution < -0.4 is 21.3 Å². The third kappa shape index (κ3) is 10.5. The van der Waals surface area contributed by atoms with Crippen molar-refractivity contribution in [3.8, 4) is 0 Å². The molecule has 2 atom stereocenters. The van der Waals surface area contributed by atoms with Gasteiger partial charge in [0.25, 0.3) is 11.8 Å². The lowest BCUT2D eigenvalue weighted by molar-refractivity contribution is -0.149. The van der Waals surface area contributed by atoms with Crippen LogP contribution in [0.25, 0.3) is 0 Å². The van der Waals surface area contributed by atoms with Gasteiger partial charge in [-0.2, -0.15) is 0 Å². The number of carbonyl (C=O) groups excluding carboxylic acids is 4. The van der Waals surface area contributed by atoms with Crippen LogP contribution in [0, 0.1) is 0 Å². The van der Waals surface area contributed by atoms with E-state index in [0.717, 1.165) is 11.1 Å². The molecule has 0 bridgehead atoms. The molecule has 3 aromatic rings. The highest BCUT2D eigenvalue weighted by molar-refractivity contribution is 6.03. The lowest BCUT2D eigenvalue weighted by Crippen LogP contribution is -2.45. The molecule has 0 fully saturated rings. The van der Waals surface area contributed by atoms with Crippen molar-refractivity contribution >= 4 is 35.4 Å². The minimum atomic E-state index is -1.40. The summed E-state index contributed by atoms with van der Waals surface area (Å²) in [7, 11) is 0. The van der Waals surface area contributed by atoms with Crippen molar-refractivity contribution in [2.24, 2.45) is 0 Å². The summed E-state index contributed by atoms with van der Waals surface area (Å²) >= 11 is 0. The largest absolute Gasteiger partial charge is 0.459 e. The molecule has 0 spiro atoms. The first-order chi connectivity index (χ1) is 22.3. The Morgan fingerprint density at radius 3 is 1.35 bits per heavy atom. The van der Waals surface area contributed by atoms with Crippen LogP contribution in [0.3, 0.4) is 0 Å². The topological polar surface area (TPSA) is 201 Å². The van der Waals surface area contributed by atoms with E-state index < -0.39 is 49.1 Å². The van der Waals surface area contributed by atoms with E-state index in [1.54, 1.807) is 48.5 Å². The first-order valence-electron chi connectivity index (χ1n) is 14.9. The predicted octanol–water partition coefficient (Wildman–Crippen LogP) is 1.79. The van der Waals surface area contributed by atoms with E-state index in [-0.39, 0.29) is 36.2 Å². The second-order valence-corrected chi connectivity index (χ2v) is 10.1. The van der Waals surface area contributed by atoms with Crippen LogP contribution in [0.5, 0.6) is 0 Å². The number of hydrogen-bond donors (Lipinski definition) is 6. The molecule has 0 aliphatic carbocycles. The summed E-state index contributed by atoms with van der Waals surface area (Å²) in [5.41, 5.74) is 0.950. The molecular weight excluding hydrogens is 596 g/mol. The molecule has 6 N–H and O–H groups in total. The van der Waals surface area contributed by atoms with Crippen molar-refractivity contribution in [2.45, 2.75) is 52.0 Å². The molecule has 0 unspecified atom stereocenters. The van der Waals surface area contributed by atoms with Gasteiger partial charge in [-0.15, -0.1) is 0 Å². The minimum absolute atomic E-state index is 0.0569. The molecule has 0 aliphatic heterocycles. The van der Waals surface area contributed by atoms with Crippen molar-refractivity contribution in [1.82, 2.24) is 20.6 Å². The average molecular weight is 637 g/mol. The predicted molar refractivity (Wildman–Crippen MR) is 169 cm³/mol. The number of aliphatic hydroxyl groups is 2. The number of esters is 2. The van der Waals surface area contributed by atoms with Crippen molar-refractivity contribution < 1.29 is 38.9 Å². The Kier molecular flexibility index (Phi) is 14.4. The van der Waals surface area contributed by atoms with E-state index in [1.165, 1.54) is 0 Å². The summed E-state index contributed by atoms with van der Waals surface area (Å²) in [4.78, 5) is 60.8. The van der Waals surface area contributed by atoms with E-state index in [0.29, 0.717) is 25.9 Å². The van der Waals surface area contributed by atoms with Crippen LogP contribution in [0.15, 0.2) is 60.7 Å². The van der Waals surface area contributed by atoms with Gasteiger partial charge >= 0.3 is 11.9 Å². The molecule has 1 heterocycles. The molecular formula is C32H40N6O8. The normalized spacial score (nSPS) is 11.9. The van der Waals surface area contributed by atoms with Crippen LogP contribution in [-0.2, 0) is 32.3 Å². The van der Waals surface area contributed by atoms with Crippen molar-refractivity contribution in [3.05, 3.63) is 83.2 Å². The summed E-state index contributed by atoms with van der Waals surface area (Å²) in [5.74, 6) is -3.58. The lowest BCUT2D eigenvalue weighted by atomic mass is 10.2. The smallest absolute Gasteiger partial charge is 0.331 e. The van der Waals surface area contributed by atoms with Crippen LogP contribution in [0.4, 0.5) is 11.6 Å². The van der Waals surface area contributed by atoms with Gasteiger partial charge in [-0.25, -0.2) is 19.6 Å². The zero-order valence-electron chi connectivity index (χ0n) is 25.8. The summed E-state index contributed by atoms with van der Waals surface area (Å²) in [6, 6.07) is 15.0. The fourth-order valence-corrected chi connectivity index (χ4v) is 3.96. The fraction of sp³-hybridized carbons (Fsp3) is 0.375. The van der Waals surface area contributed by atoms with Crippen LogP contribution in [0.2, 0.25) is 0 Å². The Bertz CT molecular complexity index is 1330. The van der Waals surface area contributed by atoms with Gasteiger partial charge in [0.15, 0.2) is 35.1 Å². The van der Waals surface area contributed by atoms with Gasteiger partial charge in [-0.05, 0) is 24.0 Å². The van der Waals surface area contributed by atoms with Gasteiger partial charge in [0.1, 0.15) is 13.2 Å². The van der Waals surface area contributed by atoms with E-state index in [4.69, 9.17) is 9.47 Å². The average Bonchev–Trinajstić information content (AvgIpc) is 3.09. The highest BCUT2D eigenvalue weighted by Crippen LogP contribution is 2.20. The van der Waals surface area contributed by atoms with Crippen molar-refractivity contribution in [2.75, 3.05) is 36.9 Å². The standard InChI is InChI=1S/C32H40N6O8/c1-3-15-33-27-25(29(41)35-23(17-39)31(43)45-19-21-11-7-5-8-12-21)38-28(34-16-4-2)26(37-27)30(42)36-24(18-40)32(44)46-20-22-13-9-6-10-14-22/h5-14,23-24,39-40H,3-4,15-20H2,1-2H3,(H,33,37)(H,34,38)(H,35,41)(H,36,42)/t23-,24-/m1/s1. The molecule has 2 amide bonds. The summed E-state index contributed by atoms with van der Waals surface area (Å²) in [5, 5.41) is 30.5.